The molecule has 21 heavy (non-hydrogen) atoms. The molecular formula is C15H17FO5. The predicted molar refractivity (Wildman–Crippen MR) is 72.7 cm³/mol. The monoisotopic (exact) mass is 296 g/mol. The lowest BCUT2D eigenvalue weighted by Gasteiger charge is -2.20. The van der Waals surface area contributed by atoms with E-state index in [1.54, 1.807) is 6.92 Å². The van der Waals surface area contributed by atoms with Gasteiger partial charge in [-0.3, -0.25) is 14.4 Å². The lowest BCUT2D eigenvalue weighted by Crippen LogP contribution is -2.38. The molecule has 0 heterocycles. The Labute approximate surface area is 122 Å². The van der Waals surface area contributed by atoms with E-state index in [1.165, 1.54) is 19.9 Å². The summed E-state index contributed by atoms with van der Waals surface area (Å²) in [5.41, 5.74) is -1.25. The first-order chi connectivity index (χ1) is 9.81. The van der Waals surface area contributed by atoms with Crippen LogP contribution in [-0.4, -0.2) is 31.3 Å². The predicted octanol–water partition coefficient (Wildman–Crippen LogP) is 2.18. The molecule has 0 radical (unpaired) electrons. The third-order valence-corrected chi connectivity index (χ3v) is 2.88. The van der Waals surface area contributed by atoms with Crippen molar-refractivity contribution < 1.29 is 28.2 Å². The van der Waals surface area contributed by atoms with Gasteiger partial charge >= 0.3 is 5.97 Å². The number of carbonyl (C=O) groups excluding carboxylic acids is 3. The number of carbonyl (C=O) groups is 3. The summed E-state index contributed by atoms with van der Waals surface area (Å²) >= 11 is 0. The Morgan fingerprint density at radius 3 is 2.52 bits per heavy atom. The van der Waals surface area contributed by atoms with Crippen molar-refractivity contribution >= 4 is 18.0 Å². The molecule has 1 aromatic rings. The van der Waals surface area contributed by atoms with Crippen molar-refractivity contribution in [3.63, 3.8) is 0 Å². The van der Waals surface area contributed by atoms with Gasteiger partial charge in [-0.1, -0.05) is 0 Å². The van der Waals surface area contributed by atoms with E-state index in [2.05, 4.69) is 0 Å². The van der Waals surface area contributed by atoms with Crippen LogP contribution in [0.15, 0.2) is 18.2 Å². The molecule has 0 bridgehead atoms. The van der Waals surface area contributed by atoms with E-state index in [-0.39, 0.29) is 17.9 Å². The van der Waals surface area contributed by atoms with Gasteiger partial charge < -0.3 is 9.47 Å². The zero-order valence-corrected chi connectivity index (χ0v) is 12.1. The van der Waals surface area contributed by atoms with E-state index in [9.17, 15) is 18.8 Å². The highest BCUT2D eigenvalue weighted by Gasteiger charge is 2.37. The summed E-state index contributed by atoms with van der Waals surface area (Å²) in [6.07, 6.45) is 0.473. The number of Topliss-reactive ketones (excluding diaryl/α,β-unsaturated/α-hetero) is 1. The van der Waals surface area contributed by atoms with E-state index < -0.39 is 29.6 Å². The maximum absolute atomic E-state index is 13.2. The Kier molecular flexibility index (Phi) is 5.58. The van der Waals surface area contributed by atoms with Crippen molar-refractivity contribution in [2.75, 3.05) is 13.2 Å². The first-order valence-corrected chi connectivity index (χ1v) is 6.40. The number of esters is 1. The molecule has 0 aliphatic rings. The van der Waals surface area contributed by atoms with Crippen LogP contribution in [0.1, 0.15) is 31.1 Å². The number of ketones is 1. The largest absolute Gasteiger partial charge is 0.486 e. The summed E-state index contributed by atoms with van der Waals surface area (Å²) in [4.78, 5) is 34.3. The highest BCUT2D eigenvalue weighted by atomic mass is 19.1. The van der Waals surface area contributed by atoms with Gasteiger partial charge in [-0.15, -0.1) is 0 Å². The van der Waals surface area contributed by atoms with Crippen LogP contribution in [0.25, 0.3) is 0 Å². The van der Waals surface area contributed by atoms with Crippen molar-refractivity contribution in [2.45, 2.75) is 20.8 Å². The first-order valence-electron chi connectivity index (χ1n) is 6.40. The van der Waals surface area contributed by atoms with Crippen molar-refractivity contribution in [1.82, 2.24) is 0 Å². The second-order valence-electron chi connectivity index (χ2n) is 4.90. The average molecular weight is 296 g/mol. The van der Waals surface area contributed by atoms with Crippen LogP contribution in [0.4, 0.5) is 4.39 Å². The highest BCUT2D eigenvalue weighted by Crippen LogP contribution is 2.21. The van der Waals surface area contributed by atoms with Crippen LogP contribution in [-0.2, 0) is 14.3 Å². The van der Waals surface area contributed by atoms with Crippen LogP contribution in [0.5, 0.6) is 5.75 Å². The van der Waals surface area contributed by atoms with Crippen molar-refractivity contribution in [3.05, 3.63) is 29.6 Å². The second kappa shape index (κ2) is 6.97. The van der Waals surface area contributed by atoms with Crippen LogP contribution in [0.3, 0.4) is 0 Å². The summed E-state index contributed by atoms with van der Waals surface area (Å²) in [7, 11) is 0. The van der Waals surface area contributed by atoms with Crippen molar-refractivity contribution in [1.29, 1.82) is 0 Å². The maximum Gasteiger partial charge on any atom is 0.319 e. The number of hydrogen-bond donors (Lipinski definition) is 0. The number of halogens is 1. The van der Waals surface area contributed by atoms with Crippen molar-refractivity contribution in [2.24, 2.45) is 5.41 Å². The molecule has 0 unspecified atom stereocenters. The summed E-state index contributed by atoms with van der Waals surface area (Å²) in [5.74, 6) is -1.75. The van der Waals surface area contributed by atoms with Crippen LogP contribution < -0.4 is 4.74 Å². The van der Waals surface area contributed by atoms with E-state index >= 15 is 0 Å². The van der Waals surface area contributed by atoms with Gasteiger partial charge in [0.15, 0.2) is 5.78 Å². The molecule has 0 saturated carbocycles. The molecule has 114 valence electrons. The fourth-order valence-corrected chi connectivity index (χ4v) is 1.49. The Hall–Kier alpha value is -2.24. The smallest absolute Gasteiger partial charge is 0.319 e. The van der Waals surface area contributed by atoms with Gasteiger partial charge in [0.25, 0.3) is 0 Å². The second-order valence-corrected chi connectivity index (χ2v) is 4.90. The normalized spacial score (nSPS) is 10.9. The van der Waals surface area contributed by atoms with Gasteiger partial charge in [0.05, 0.1) is 6.61 Å². The summed E-state index contributed by atoms with van der Waals surface area (Å²) < 4.78 is 23.2. The third-order valence-electron chi connectivity index (χ3n) is 2.88. The maximum atomic E-state index is 13.2. The van der Waals surface area contributed by atoms with E-state index in [0.29, 0.717) is 6.29 Å². The van der Waals surface area contributed by atoms with Gasteiger partial charge in [-0.05, 0) is 32.9 Å². The summed E-state index contributed by atoms with van der Waals surface area (Å²) in [6.45, 7) is 4.25. The highest BCUT2D eigenvalue weighted by molar-refractivity contribution is 6.03. The molecule has 0 amide bonds. The topological polar surface area (TPSA) is 69.7 Å². The molecule has 0 aliphatic heterocycles. The zero-order chi connectivity index (χ0) is 16.0. The lowest BCUT2D eigenvalue weighted by atomic mass is 9.88. The molecule has 0 fully saturated rings. The third kappa shape index (κ3) is 4.37. The fraction of sp³-hybridized carbons (Fsp3) is 0.400. The molecule has 0 saturated heterocycles. The van der Waals surface area contributed by atoms with E-state index in [0.717, 1.165) is 12.1 Å². The standard InChI is InChI=1S/C15H17FO5/c1-4-20-14(19)15(2,3)13(18)9-21-12-6-10(8-17)5-11(16)7-12/h5-8H,4,9H2,1-3H3. The lowest BCUT2D eigenvalue weighted by molar-refractivity contribution is -0.158. The molecular weight excluding hydrogens is 279 g/mol. The van der Waals surface area contributed by atoms with Gasteiger partial charge in [0.2, 0.25) is 0 Å². The van der Waals surface area contributed by atoms with Crippen LogP contribution in [0.2, 0.25) is 0 Å². The minimum atomic E-state index is -1.35. The van der Waals surface area contributed by atoms with Crippen molar-refractivity contribution in [3.8, 4) is 5.75 Å². The molecule has 1 rings (SSSR count). The first kappa shape index (κ1) is 16.8. The number of hydrogen-bond acceptors (Lipinski definition) is 5. The molecule has 0 atom stereocenters. The summed E-state index contributed by atoms with van der Waals surface area (Å²) in [6, 6.07) is 3.41. The summed E-state index contributed by atoms with van der Waals surface area (Å²) in [5, 5.41) is 0. The Balaban J connectivity index is 2.74. The molecule has 0 aliphatic carbocycles. The molecule has 0 N–H and O–H groups in total. The number of aldehydes is 1. The van der Waals surface area contributed by atoms with E-state index in [1.807, 2.05) is 0 Å². The average Bonchev–Trinajstić information content (AvgIpc) is 2.44. The van der Waals surface area contributed by atoms with Gasteiger partial charge in [0.1, 0.15) is 29.9 Å². The Morgan fingerprint density at radius 2 is 1.95 bits per heavy atom. The molecule has 0 spiro atoms. The van der Waals surface area contributed by atoms with Gasteiger partial charge in [-0.2, -0.15) is 0 Å². The van der Waals surface area contributed by atoms with Gasteiger partial charge in [0, 0.05) is 11.6 Å². The number of rotatable bonds is 7. The zero-order valence-electron chi connectivity index (χ0n) is 12.1. The van der Waals surface area contributed by atoms with Gasteiger partial charge in [-0.25, -0.2) is 4.39 Å². The molecule has 5 nitrogen and oxygen atoms in total. The number of ether oxygens (including phenoxy) is 2. The minimum Gasteiger partial charge on any atom is -0.486 e. The number of benzene rings is 1. The Morgan fingerprint density at radius 1 is 1.29 bits per heavy atom. The van der Waals surface area contributed by atoms with E-state index in [4.69, 9.17) is 9.47 Å². The fourth-order valence-electron chi connectivity index (χ4n) is 1.49. The molecule has 6 heteroatoms. The Bertz CT molecular complexity index is 551. The SMILES string of the molecule is CCOC(=O)C(C)(C)C(=O)COc1cc(F)cc(C=O)c1. The molecule has 0 aromatic heterocycles. The van der Waals surface area contributed by atoms with Crippen LogP contribution >= 0.6 is 0 Å². The minimum absolute atomic E-state index is 0.0464. The van der Waals surface area contributed by atoms with Crippen LogP contribution in [0, 0.1) is 11.2 Å². The quantitative estimate of drug-likeness (QED) is 0.438. The molecule has 1 aromatic carbocycles.